The molecule has 2 aliphatic heterocycles. The maximum absolute atomic E-state index is 14.2. The van der Waals surface area contributed by atoms with Crippen molar-refractivity contribution in [2.45, 2.75) is 58.7 Å². The number of alkyl halides is 1. The molecule has 2 fully saturated rings. The molecular formula is C26H34FN5O2. The monoisotopic (exact) mass is 467 g/mol. The van der Waals surface area contributed by atoms with Gasteiger partial charge in [-0.25, -0.2) is 4.39 Å². The highest BCUT2D eigenvalue weighted by molar-refractivity contribution is 5.94. The van der Waals surface area contributed by atoms with Crippen molar-refractivity contribution in [2.75, 3.05) is 44.2 Å². The molecule has 8 heteroatoms. The summed E-state index contributed by atoms with van der Waals surface area (Å²) in [5.41, 5.74) is 5.72. The molecule has 7 nitrogen and oxygen atoms in total. The molecule has 0 unspecified atom stereocenters. The highest BCUT2D eigenvalue weighted by Gasteiger charge is 2.33. The lowest BCUT2D eigenvalue weighted by Gasteiger charge is -2.37. The molecule has 34 heavy (non-hydrogen) atoms. The summed E-state index contributed by atoms with van der Waals surface area (Å²) < 4.78 is 15.9. The van der Waals surface area contributed by atoms with Crippen LogP contribution in [0, 0.1) is 13.8 Å². The first-order valence-corrected chi connectivity index (χ1v) is 12.5. The summed E-state index contributed by atoms with van der Waals surface area (Å²) in [5.74, 6) is -0.107. The van der Waals surface area contributed by atoms with Crippen molar-refractivity contribution >= 4 is 17.5 Å². The van der Waals surface area contributed by atoms with Crippen LogP contribution >= 0.6 is 0 Å². The third-order valence-corrected chi connectivity index (χ3v) is 7.72. The topological polar surface area (TPSA) is 61.7 Å². The van der Waals surface area contributed by atoms with Crippen LogP contribution in [0.5, 0.6) is 0 Å². The van der Waals surface area contributed by atoms with Gasteiger partial charge in [-0.15, -0.1) is 0 Å². The number of anilines is 1. The smallest absolute Gasteiger partial charge is 0.274 e. The van der Waals surface area contributed by atoms with Crippen LogP contribution in [0.15, 0.2) is 18.2 Å². The van der Waals surface area contributed by atoms with Crippen molar-refractivity contribution in [3.8, 4) is 0 Å². The van der Waals surface area contributed by atoms with Crippen molar-refractivity contribution in [3.05, 3.63) is 46.3 Å². The Hall–Kier alpha value is -2.90. The van der Waals surface area contributed by atoms with Crippen LogP contribution < -0.4 is 4.90 Å². The van der Waals surface area contributed by atoms with Gasteiger partial charge in [0.05, 0.1) is 0 Å². The van der Waals surface area contributed by atoms with Crippen molar-refractivity contribution in [1.29, 1.82) is 0 Å². The fraction of sp³-hybridized carbons (Fsp3) is 0.577. The normalized spacial score (nSPS) is 20.6. The Morgan fingerprint density at radius 2 is 1.76 bits per heavy atom. The first-order valence-electron chi connectivity index (χ1n) is 12.5. The molecule has 0 radical (unpaired) electrons. The van der Waals surface area contributed by atoms with Gasteiger partial charge in [0.1, 0.15) is 12.7 Å². The van der Waals surface area contributed by atoms with Gasteiger partial charge < -0.3 is 14.7 Å². The number of fused-ring (bicyclic) bond motifs is 1. The van der Waals surface area contributed by atoms with Gasteiger partial charge in [0.2, 0.25) is 5.91 Å². The Labute approximate surface area is 200 Å². The van der Waals surface area contributed by atoms with Crippen LogP contribution in [0.2, 0.25) is 0 Å². The van der Waals surface area contributed by atoms with Gasteiger partial charge in [0.15, 0.2) is 5.69 Å². The number of carbonyl (C=O) groups excluding carboxylic acids is 2. The molecule has 0 saturated carbocycles. The van der Waals surface area contributed by atoms with Gasteiger partial charge in [-0.2, -0.15) is 5.10 Å². The van der Waals surface area contributed by atoms with Gasteiger partial charge in [-0.3, -0.25) is 14.3 Å². The Balaban J connectivity index is 1.29. The molecule has 1 aromatic heterocycles. The third-order valence-electron chi connectivity index (χ3n) is 7.72. The van der Waals surface area contributed by atoms with Gasteiger partial charge in [-0.05, 0) is 56.7 Å². The SMILES string of the molecule is Cc1cccc(N2CCN(C(=O)Cn3nc(C(=O)N4CCCC4)c4c3CC[C@@H](F)C4)CC2)c1C. The quantitative estimate of drug-likeness (QED) is 0.694. The first kappa shape index (κ1) is 22.9. The lowest BCUT2D eigenvalue weighted by Crippen LogP contribution is -2.50. The number of halogens is 1. The fourth-order valence-electron chi connectivity index (χ4n) is 5.52. The van der Waals surface area contributed by atoms with Crippen molar-refractivity contribution in [2.24, 2.45) is 0 Å². The van der Waals surface area contributed by atoms with Gasteiger partial charge in [0.25, 0.3) is 5.91 Å². The zero-order valence-electron chi connectivity index (χ0n) is 20.2. The summed E-state index contributed by atoms with van der Waals surface area (Å²) >= 11 is 0. The molecule has 0 spiro atoms. The number of aryl methyl sites for hydroxylation is 1. The molecule has 3 aliphatic rings. The molecule has 1 atom stereocenters. The largest absolute Gasteiger partial charge is 0.368 e. The van der Waals surface area contributed by atoms with Crippen LogP contribution in [-0.2, 0) is 24.2 Å². The van der Waals surface area contributed by atoms with Gasteiger partial charge in [0, 0.05) is 62.6 Å². The number of rotatable bonds is 4. The van der Waals surface area contributed by atoms with E-state index >= 15 is 0 Å². The number of hydrogen-bond donors (Lipinski definition) is 0. The lowest BCUT2D eigenvalue weighted by atomic mass is 9.94. The Morgan fingerprint density at radius 3 is 2.50 bits per heavy atom. The summed E-state index contributed by atoms with van der Waals surface area (Å²) in [7, 11) is 0. The highest BCUT2D eigenvalue weighted by Crippen LogP contribution is 2.28. The molecule has 2 amide bonds. The second kappa shape index (κ2) is 9.39. The van der Waals surface area contributed by atoms with E-state index in [4.69, 9.17) is 0 Å². The first-order chi connectivity index (χ1) is 16.4. The summed E-state index contributed by atoms with van der Waals surface area (Å²) in [4.78, 5) is 32.3. The van der Waals surface area contributed by atoms with E-state index in [1.54, 1.807) is 4.68 Å². The zero-order chi connectivity index (χ0) is 23.8. The third kappa shape index (κ3) is 4.30. The van der Waals surface area contributed by atoms with E-state index in [9.17, 15) is 14.0 Å². The molecular weight excluding hydrogens is 433 g/mol. The number of aromatic nitrogens is 2. The molecule has 2 saturated heterocycles. The zero-order valence-corrected chi connectivity index (χ0v) is 20.2. The van der Waals surface area contributed by atoms with Crippen LogP contribution in [0.1, 0.15) is 52.1 Å². The standard InChI is InChI=1S/C26H34FN5O2/c1-18-6-5-7-22(19(18)2)29-12-14-30(15-13-29)24(33)17-32-23-9-8-20(27)16-21(23)25(28-32)26(34)31-10-3-4-11-31/h5-7,20H,3-4,8-17H2,1-2H3/t20-/m1/s1. The second-order valence-electron chi connectivity index (χ2n) is 9.86. The molecule has 0 N–H and O–H groups in total. The van der Waals surface area contributed by atoms with E-state index in [-0.39, 0.29) is 24.8 Å². The van der Waals surface area contributed by atoms with E-state index in [2.05, 4.69) is 42.0 Å². The number of likely N-dealkylation sites (tertiary alicyclic amines) is 1. The van der Waals surface area contributed by atoms with Crippen molar-refractivity contribution in [1.82, 2.24) is 19.6 Å². The maximum Gasteiger partial charge on any atom is 0.274 e. The predicted octanol–water partition coefficient (Wildman–Crippen LogP) is 2.91. The van der Waals surface area contributed by atoms with E-state index in [0.29, 0.717) is 37.2 Å². The Kier molecular flexibility index (Phi) is 6.32. The van der Waals surface area contributed by atoms with Crippen LogP contribution in [0.4, 0.5) is 10.1 Å². The van der Waals surface area contributed by atoms with E-state index in [1.165, 1.54) is 16.8 Å². The molecule has 3 heterocycles. The lowest BCUT2D eigenvalue weighted by molar-refractivity contribution is -0.132. The number of nitrogens with zero attached hydrogens (tertiary/aromatic N) is 5. The van der Waals surface area contributed by atoms with Crippen LogP contribution in [0.3, 0.4) is 0 Å². The second-order valence-corrected chi connectivity index (χ2v) is 9.86. The summed E-state index contributed by atoms with van der Waals surface area (Å²) in [6, 6.07) is 6.35. The minimum Gasteiger partial charge on any atom is -0.368 e. The average Bonchev–Trinajstić information content (AvgIpc) is 3.49. The Bertz CT molecular complexity index is 1080. The fourth-order valence-corrected chi connectivity index (χ4v) is 5.52. The number of piperazine rings is 1. The summed E-state index contributed by atoms with van der Waals surface area (Å²) in [5, 5.41) is 4.59. The Morgan fingerprint density at radius 1 is 1.03 bits per heavy atom. The number of hydrogen-bond acceptors (Lipinski definition) is 4. The maximum atomic E-state index is 14.2. The van der Waals surface area contributed by atoms with Crippen LogP contribution in [-0.4, -0.2) is 76.8 Å². The molecule has 182 valence electrons. The van der Waals surface area contributed by atoms with Crippen molar-refractivity contribution in [3.63, 3.8) is 0 Å². The molecule has 0 bridgehead atoms. The average molecular weight is 468 g/mol. The van der Waals surface area contributed by atoms with Crippen molar-refractivity contribution < 1.29 is 14.0 Å². The number of carbonyl (C=O) groups is 2. The summed E-state index contributed by atoms with van der Waals surface area (Å²) in [6.07, 6.45) is 2.18. The number of amides is 2. The predicted molar refractivity (Wildman–Crippen MR) is 129 cm³/mol. The molecule has 1 aliphatic carbocycles. The van der Waals surface area contributed by atoms with E-state index in [1.807, 2.05) is 9.80 Å². The van der Waals surface area contributed by atoms with Gasteiger partial charge >= 0.3 is 0 Å². The molecule has 1 aromatic carbocycles. The van der Waals surface area contributed by atoms with Gasteiger partial charge in [-0.1, -0.05) is 12.1 Å². The highest BCUT2D eigenvalue weighted by atomic mass is 19.1. The van der Waals surface area contributed by atoms with E-state index < -0.39 is 6.17 Å². The molecule has 5 rings (SSSR count). The number of benzene rings is 1. The minimum atomic E-state index is -0.955. The minimum absolute atomic E-state index is 0.00783. The van der Waals surface area contributed by atoms with E-state index in [0.717, 1.165) is 44.7 Å². The van der Waals surface area contributed by atoms with Crippen LogP contribution in [0.25, 0.3) is 0 Å². The molecule has 2 aromatic rings. The summed E-state index contributed by atoms with van der Waals surface area (Å²) in [6.45, 7) is 8.71.